The van der Waals surface area contributed by atoms with Gasteiger partial charge in [0.2, 0.25) is 0 Å². The van der Waals surface area contributed by atoms with E-state index in [1.54, 1.807) is 36.4 Å². The molecule has 1 N–H and O–H groups in total. The lowest BCUT2D eigenvalue weighted by atomic mass is 9.97. The van der Waals surface area contributed by atoms with Crippen molar-refractivity contribution in [3.63, 3.8) is 0 Å². The first-order valence-corrected chi connectivity index (χ1v) is 14.6. The summed E-state index contributed by atoms with van der Waals surface area (Å²) < 4.78 is 53.9. The molecule has 0 aliphatic carbocycles. The van der Waals surface area contributed by atoms with Crippen LogP contribution >= 0.6 is 0 Å². The van der Waals surface area contributed by atoms with E-state index in [2.05, 4.69) is 10.1 Å². The van der Waals surface area contributed by atoms with Gasteiger partial charge in [-0.05, 0) is 85.0 Å². The Hall–Kier alpha value is -5.78. The summed E-state index contributed by atoms with van der Waals surface area (Å²) in [4.78, 5) is 62.5. The number of aryl methyl sites for hydroxylation is 1. The van der Waals surface area contributed by atoms with Crippen LogP contribution in [0, 0.1) is 0 Å². The van der Waals surface area contributed by atoms with E-state index in [0.29, 0.717) is 29.5 Å². The molecule has 4 rings (SSSR count). The summed E-state index contributed by atoms with van der Waals surface area (Å²) >= 11 is 0. The van der Waals surface area contributed by atoms with Crippen molar-refractivity contribution < 1.29 is 51.4 Å². The molecule has 1 amide bonds. The highest BCUT2D eigenvalue weighted by molar-refractivity contribution is 6.12. The molecule has 9 nitrogen and oxygen atoms in total. The van der Waals surface area contributed by atoms with Gasteiger partial charge in [0.05, 0.1) is 31.0 Å². The largest absolute Gasteiger partial charge is 0.465 e. The molecule has 4 aromatic carbocycles. The lowest BCUT2D eigenvalue weighted by molar-refractivity contribution is -0.137. The van der Waals surface area contributed by atoms with Gasteiger partial charge in [0.15, 0.2) is 5.78 Å². The predicted molar refractivity (Wildman–Crippen MR) is 169 cm³/mol. The minimum absolute atomic E-state index is 0.0476. The van der Waals surface area contributed by atoms with Crippen LogP contribution in [-0.4, -0.2) is 43.8 Å². The van der Waals surface area contributed by atoms with E-state index in [0.717, 1.165) is 19.2 Å². The number of carbonyl (C=O) groups excluding carboxylic acids is 5. The molecule has 0 radical (unpaired) electrons. The first kappa shape index (κ1) is 35.1. The standard InChI is InChI=1S/C36H30F3NO8/c1-21(41)28-19-22(7-6-10-32(42)48-31-18-14-24(34(44)46-2)20-29(31)35(45)47-3)11-17-30(28)40-33(43)27-9-5-4-8-26(27)23-12-15-25(16-13-23)36(37,38)39/h4-5,8-9,11-20H,6-7,10H2,1-3H3,(H,40,43). The van der Waals surface area contributed by atoms with Gasteiger partial charge in [0, 0.05) is 17.5 Å². The maximum Gasteiger partial charge on any atom is 0.416 e. The van der Waals surface area contributed by atoms with Crippen LogP contribution in [0.1, 0.15) is 72.3 Å². The summed E-state index contributed by atoms with van der Waals surface area (Å²) in [5, 5.41) is 2.74. The molecule has 0 fully saturated rings. The minimum atomic E-state index is -4.50. The number of esters is 3. The summed E-state index contributed by atoms with van der Waals surface area (Å²) in [7, 11) is 2.33. The van der Waals surface area contributed by atoms with Crippen molar-refractivity contribution in [2.24, 2.45) is 0 Å². The van der Waals surface area contributed by atoms with Crippen LogP contribution in [-0.2, 0) is 26.9 Å². The number of ether oxygens (including phenoxy) is 3. The van der Waals surface area contributed by atoms with Crippen molar-refractivity contribution in [3.8, 4) is 16.9 Å². The number of nitrogens with one attached hydrogen (secondary N) is 1. The number of hydrogen-bond acceptors (Lipinski definition) is 8. The second kappa shape index (κ2) is 15.2. The van der Waals surface area contributed by atoms with Crippen LogP contribution in [0.3, 0.4) is 0 Å². The van der Waals surface area contributed by atoms with Gasteiger partial charge in [-0.15, -0.1) is 0 Å². The fourth-order valence-corrected chi connectivity index (χ4v) is 4.85. The number of halogens is 3. The molecular formula is C36H30F3NO8. The molecule has 0 aliphatic rings. The van der Waals surface area contributed by atoms with Crippen molar-refractivity contribution in [1.29, 1.82) is 0 Å². The molecule has 0 aliphatic heterocycles. The Morgan fingerprint density at radius 1 is 0.750 bits per heavy atom. The molecule has 12 heteroatoms. The maximum atomic E-state index is 13.3. The Bertz CT molecular complexity index is 1870. The summed E-state index contributed by atoms with van der Waals surface area (Å²) in [6, 6.07) is 19.6. The fraction of sp³-hybridized carbons (Fsp3) is 0.194. The molecule has 0 saturated carbocycles. The molecule has 48 heavy (non-hydrogen) atoms. The number of hydrogen-bond donors (Lipinski definition) is 1. The van der Waals surface area contributed by atoms with Crippen molar-refractivity contribution in [2.75, 3.05) is 19.5 Å². The summed E-state index contributed by atoms with van der Waals surface area (Å²) in [5.41, 5.74) is 1.33. The first-order chi connectivity index (χ1) is 22.8. The highest BCUT2D eigenvalue weighted by Gasteiger charge is 2.30. The lowest BCUT2D eigenvalue weighted by Gasteiger charge is -2.14. The second-order valence-corrected chi connectivity index (χ2v) is 10.5. The summed E-state index contributed by atoms with van der Waals surface area (Å²) in [5.74, 6) is -3.11. The van der Waals surface area contributed by atoms with Crippen molar-refractivity contribution >= 4 is 35.3 Å². The number of Topliss-reactive ketones (excluding diaryl/α,β-unsaturated/α-hetero) is 1. The Kier molecular flexibility index (Phi) is 11.1. The monoisotopic (exact) mass is 661 g/mol. The molecule has 0 spiro atoms. The van der Waals surface area contributed by atoms with Gasteiger partial charge in [-0.2, -0.15) is 13.2 Å². The number of carbonyl (C=O) groups is 5. The van der Waals surface area contributed by atoms with E-state index in [-0.39, 0.29) is 45.9 Å². The van der Waals surface area contributed by atoms with Crippen LogP contribution in [0.5, 0.6) is 5.75 Å². The molecule has 0 aromatic heterocycles. The van der Waals surface area contributed by atoms with Crippen molar-refractivity contribution in [3.05, 3.63) is 118 Å². The number of amides is 1. The number of benzene rings is 4. The van der Waals surface area contributed by atoms with Gasteiger partial charge < -0.3 is 19.5 Å². The van der Waals surface area contributed by atoms with Crippen LogP contribution < -0.4 is 10.1 Å². The number of alkyl halides is 3. The topological polar surface area (TPSA) is 125 Å². The molecule has 248 valence electrons. The van der Waals surface area contributed by atoms with Gasteiger partial charge in [0.25, 0.3) is 5.91 Å². The number of anilines is 1. The average Bonchev–Trinajstić information content (AvgIpc) is 3.07. The van der Waals surface area contributed by atoms with Gasteiger partial charge in [-0.1, -0.05) is 36.4 Å². The van der Waals surface area contributed by atoms with Crippen molar-refractivity contribution in [2.45, 2.75) is 32.4 Å². The molecule has 0 saturated heterocycles. The zero-order valence-electron chi connectivity index (χ0n) is 26.1. The fourth-order valence-electron chi connectivity index (χ4n) is 4.85. The van der Waals surface area contributed by atoms with Crippen LogP contribution in [0.25, 0.3) is 11.1 Å². The van der Waals surface area contributed by atoms with Gasteiger partial charge >= 0.3 is 24.1 Å². The molecule has 0 atom stereocenters. The second-order valence-electron chi connectivity index (χ2n) is 10.5. The third kappa shape index (κ3) is 8.52. The first-order valence-electron chi connectivity index (χ1n) is 14.6. The average molecular weight is 662 g/mol. The predicted octanol–water partition coefficient (Wildman–Crippen LogP) is 7.33. The van der Waals surface area contributed by atoms with E-state index in [1.807, 2.05) is 0 Å². The molecule has 0 heterocycles. The van der Waals surface area contributed by atoms with Gasteiger partial charge in [0.1, 0.15) is 11.3 Å². The van der Waals surface area contributed by atoms with Crippen LogP contribution in [0.15, 0.2) is 84.9 Å². The summed E-state index contributed by atoms with van der Waals surface area (Å²) in [6.07, 6.45) is -3.86. The zero-order chi connectivity index (χ0) is 35.0. The quantitative estimate of drug-likeness (QED) is 0.101. The Labute approximate surface area is 273 Å². The molecule has 0 bridgehead atoms. The SMILES string of the molecule is COC(=O)c1ccc(OC(=O)CCCc2ccc(NC(=O)c3ccccc3-c3ccc(C(F)(F)F)cc3)c(C(C)=O)c2)c(C(=O)OC)c1. The number of ketones is 1. The zero-order valence-corrected chi connectivity index (χ0v) is 26.1. The van der Waals surface area contributed by atoms with E-state index in [4.69, 9.17) is 9.47 Å². The van der Waals surface area contributed by atoms with Crippen LogP contribution in [0.2, 0.25) is 0 Å². The number of rotatable bonds is 11. The Morgan fingerprint density at radius 3 is 2.08 bits per heavy atom. The lowest BCUT2D eigenvalue weighted by Crippen LogP contribution is -2.16. The van der Waals surface area contributed by atoms with E-state index in [1.165, 1.54) is 50.4 Å². The third-order valence-corrected chi connectivity index (χ3v) is 7.28. The molecular weight excluding hydrogens is 631 g/mol. The van der Waals surface area contributed by atoms with E-state index >= 15 is 0 Å². The van der Waals surface area contributed by atoms with Gasteiger partial charge in [-0.3, -0.25) is 14.4 Å². The Morgan fingerprint density at radius 2 is 1.44 bits per heavy atom. The van der Waals surface area contributed by atoms with E-state index in [9.17, 15) is 37.1 Å². The van der Waals surface area contributed by atoms with Crippen LogP contribution in [0.4, 0.5) is 18.9 Å². The molecule has 4 aromatic rings. The Balaban J connectivity index is 1.43. The van der Waals surface area contributed by atoms with Crippen molar-refractivity contribution in [1.82, 2.24) is 0 Å². The highest BCUT2D eigenvalue weighted by Crippen LogP contribution is 2.32. The number of methoxy groups -OCH3 is 2. The minimum Gasteiger partial charge on any atom is -0.465 e. The third-order valence-electron chi connectivity index (χ3n) is 7.28. The van der Waals surface area contributed by atoms with Gasteiger partial charge in [-0.25, -0.2) is 9.59 Å². The highest BCUT2D eigenvalue weighted by atomic mass is 19.4. The maximum absolute atomic E-state index is 13.3. The molecule has 0 unspecified atom stereocenters. The normalized spacial score (nSPS) is 11.0. The smallest absolute Gasteiger partial charge is 0.416 e. The van der Waals surface area contributed by atoms with E-state index < -0.39 is 35.6 Å². The summed E-state index contributed by atoms with van der Waals surface area (Å²) in [6.45, 7) is 1.34.